The summed E-state index contributed by atoms with van der Waals surface area (Å²) in [5.41, 5.74) is 1.09. The molecule has 10 heteroatoms. The minimum Gasteiger partial charge on any atom is -0.379 e. The number of rotatable bonds is 6. The number of aryl methyl sites for hydroxylation is 1. The normalized spacial score (nSPS) is 20.4. The maximum atomic E-state index is 14.7. The second-order valence-corrected chi connectivity index (χ2v) is 10.1. The first-order chi connectivity index (χ1) is 13.2. The van der Waals surface area contributed by atoms with Gasteiger partial charge >= 0.3 is 0 Å². The Kier molecular flexibility index (Phi) is 6.48. The van der Waals surface area contributed by atoms with Crippen molar-refractivity contribution in [1.82, 2.24) is 9.88 Å². The van der Waals surface area contributed by atoms with Crippen molar-refractivity contribution < 1.29 is 12.8 Å². The van der Waals surface area contributed by atoms with Gasteiger partial charge in [-0.25, -0.2) is 17.8 Å². The van der Waals surface area contributed by atoms with Crippen molar-refractivity contribution in [2.24, 2.45) is 0 Å². The number of benzene rings is 1. The summed E-state index contributed by atoms with van der Waals surface area (Å²) >= 11 is 7.45. The number of halogens is 2. The van der Waals surface area contributed by atoms with Gasteiger partial charge in [0.2, 0.25) is 0 Å². The van der Waals surface area contributed by atoms with Crippen LogP contribution in [0.15, 0.2) is 22.4 Å². The molecule has 2 N–H and O–H groups in total. The largest absolute Gasteiger partial charge is 0.379 e. The van der Waals surface area contributed by atoms with Crippen LogP contribution in [-0.4, -0.2) is 44.5 Å². The molecule has 0 saturated heterocycles. The molecule has 28 heavy (non-hydrogen) atoms. The van der Waals surface area contributed by atoms with Crippen LogP contribution in [0.25, 0.3) is 0 Å². The maximum Gasteiger partial charge on any atom is 0.266 e. The third-order valence-corrected chi connectivity index (χ3v) is 7.56. The van der Waals surface area contributed by atoms with Gasteiger partial charge < -0.3 is 10.2 Å². The van der Waals surface area contributed by atoms with Gasteiger partial charge in [-0.3, -0.25) is 4.72 Å². The van der Waals surface area contributed by atoms with Gasteiger partial charge in [0.15, 0.2) is 5.13 Å². The Hall–Kier alpha value is -1.42. The Balaban J connectivity index is 1.84. The molecule has 1 saturated carbocycles. The molecule has 0 amide bonds. The van der Waals surface area contributed by atoms with E-state index in [1.807, 2.05) is 14.1 Å². The first-order valence-corrected chi connectivity index (χ1v) is 11.8. The Morgan fingerprint density at radius 1 is 1.29 bits per heavy atom. The van der Waals surface area contributed by atoms with Gasteiger partial charge in [0.25, 0.3) is 10.0 Å². The molecule has 1 aliphatic rings. The predicted molar refractivity (Wildman–Crippen MR) is 112 cm³/mol. The van der Waals surface area contributed by atoms with Crippen molar-refractivity contribution in [2.75, 3.05) is 24.1 Å². The monoisotopic (exact) mass is 446 g/mol. The molecule has 1 fully saturated rings. The third kappa shape index (κ3) is 4.76. The number of aromatic nitrogens is 1. The van der Waals surface area contributed by atoms with Crippen molar-refractivity contribution in [1.29, 1.82) is 0 Å². The quantitative estimate of drug-likeness (QED) is 0.690. The van der Waals surface area contributed by atoms with Crippen molar-refractivity contribution in [3.05, 3.63) is 34.0 Å². The van der Waals surface area contributed by atoms with Crippen molar-refractivity contribution >= 4 is 43.8 Å². The molecule has 3 rings (SSSR count). The Labute approximate surface area is 174 Å². The molecule has 6 nitrogen and oxygen atoms in total. The molecule has 1 heterocycles. The van der Waals surface area contributed by atoms with Gasteiger partial charge in [0, 0.05) is 17.5 Å². The molecular formula is C18H24ClFN4O2S2. The number of hydrogen-bond acceptors (Lipinski definition) is 6. The first-order valence-electron chi connectivity index (χ1n) is 9.04. The van der Waals surface area contributed by atoms with Gasteiger partial charge in [-0.2, -0.15) is 0 Å². The van der Waals surface area contributed by atoms with Gasteiger partial charge in [-0.15, -0.1) is 11.3 Å². The minimum atomic E-state index is -4.12. The minimum absolute atomic E-state index is 0.125. The third-order valence-electron chi connectivity index (χ3n) is 4.89. The lowest BCUT2D eigenvalue weighted by molar-refractivity contribution is 0.211. The Bertz CT molecular complexity index is 949. The number of hydrogen-bond donors (Lipinski definition) is 2. The Morgan fingerprint density at radius 2 is 2.00 bits per heavy atom. The lowest BCUT2D eigenvalue weighted by atomic mass is 9.89. The lowest BCUT2D eigenvalue weighted by Crippen LogP contribution is -2.45. The van der Waals surface area contributed by atoms with Gasteiger partial charge in [0.1, 0.15) is 10.7 Å². The standard InChI is InChI=1S/C18H24ClFN4O2S2/c1-11-10-27-18(21-11)23-28(25,26)17-8-12(19)15(9-13(17)20)22-14-6-4-5-7-16(14)24(2)3/h8-10,14,16,22H,4-7H2,1-3H3,(H,21,23)/t14-,16-/m0/s1. The predicted octanol–water partition coefficient (Wildman–Crippen LogP) is 4.33. The van der Waals surface area contributed by atoms with E-state index in [1.165, 1.54) is 0 Å². The highest BCUT2D eigenvalue weighted by atomic mass is 35.5. The fraction of sp³-hybridized carbons (Fsp3) is 0.500. The maximum absolute atomic E-state index is 14.7. The summed E-state index contributed by atoms with van der Waals surface area (Å²) in [6, 6.07) is 2.74. The molecule has 1 aromatic carbocycles. The molecule has 1 aliphatic carbocycles. The zero-order valence-corrected chi connectivity index (χ0v) is 18.4. The van der Waals surface area contributed by atoms with Crippen LogP contribution in [0.2, 0.25) is 5.02 Å². The van der Waals surface area contributed by atoms with Gasteiger partial charge in [-0.1, -0.05) is 24.4 Å². The fourth-order valence-electron chi connectivity index (χ4n) is 3.51. The summed E-state index contributed by atoms with van der Waals surface area (Å²) in [6.07, 6.45) is 4.24. The highest BCUT2D eigenvalue weighted by Gasteiger charge is 2.28. The summed E-state index contributed by atoms with van der Waals surface area (Å²) in [5.74, 6) is -0.857. The van der Waals surface area contributed by atoms with E-state index in [0.29, 0.717) is 17.4 Å². The molecule has 0 radical (unpaired) electrons. The Morgan fingerprint density at radius 3 is 2.64 bits per heavy atom. The van der Waals surface area contributed by atoms with Crippen LogP contribution in [0.3, 0.4) is 0 Å². The summed E-state index contributed by atoms with van der Waals surface area (Å²) in [7, 11) is -0.0801. The summed E-state index contributed by atoms with van der Waals surface area (Å²) in [6.45, 7) is 1.75. The summed E-state index contributed by atoms with van der Waals surface area (Å²) < 4.78 is 42.1. The average molecular weight is 447 g/mol. The molecule has 2 aromatic rings. The second-order valence-electron chi connectivity index (χ2n) is 7.23. The van der Waals surface area contributed by atoms with Crippen molar-refractivity contribution in [3.63, 3.8) is 0 Å². The fourth-order valence-corrected chi connectivity index (χ4v) is 5.82. The van der Waals surface area contributed by atoms with Gasteiger partial charge in [0.05, 0.1) is 16.4 Å². The van der Waals surface area contributed by atoms with Crippen LogP contribution in [0.5, 0.6) is 0 Å². The topological polar surface area (TPSA) is 74.3 Å². The zero-order chi connectivity index (χ0) is 20.5. The molecule has 0 spiro atoms. The van der Waals surface area contributed by atoms with Crippen LogP contribution < -0.4 is 10.0 Å². The molecule has 0 bridgehead atoms. The lowest BCUT2D eigenvalue weighted by Gasteiger charge is -2.37. The van der Waals surface area contributed by atoms with Crippen LogP contribution in [0.4, 0.5) is 15.2 Å². The van der Waals surface area contributed by atoms with Gasteiger partial charge in [-0.05, 0) is 46.0 Å². The first kappa shape index (κ1) is 21.3. The molecule has 2 atom stereocenters. The molecule has 0 aliphatic heterocycles. The number of thiazole rings is 1. The number of nitrogens with one attached hydrogen (secondary N) is 2. The van der Waals surface area contributed by atoms with E-state index in [2.05, 4.69) is 19.9 Å². The van der Waals surface area contributed by atoms with Crippen molar-refractivity contribution in [3.8, 4) is 0 Å². The smallest absolute Gasteiger partial charge is 0.266 e. The highest BCUT2D eigenvalue weighted by molar-refractivity contribution is 7.93. The van der Waals surface area contributed by atoms with E-state index in [9.17, 15) is 12.8 Å². The highest BCUT2D eigenvalue weighted by Crippen LogP contribution is 2.32. The van der Waals surface area contributed by atoms with Crippen LogP contribution in [0.1, 0.15) is 31.4 Å². The molecule has 154 valence electrons. The van der Waals surface area contributed by atoms with Crippen LogP contribution in [0, 0.1) is 12.7 Å². The number of sulfonamides is 1. The van der Waals surface area contributed by atoms with Crippen LogP contribution >= 0.6 is 22.9 Å². The summed E-state index contributed by atoms with van der Waals surface area (Å²) in [4.78, 5) is 5.71. The van der Waals surface area contributed by atoms with Crippen molar-refractivity contribution in [2.45, 2.75) is 49.6 Å². The second kappa shape index (κ2) is 8.52. The van der Waals surface area contributed by atoms with E-state index >= 15 is 0 Å². The number of likely N-dealkylation sites (N-methyl/N-ethyl adjacent to an activating group) is 1. The molecule has 0 unspecified atom stereocenters. The van der Waals surface area contributed by atoms with E-state index < -0.39 is 20.7 Å². The van der Waals surface area contributed by atoms with E-state index in [4.69, 9.17) is 11.6 Å². The SMILES string of the molecule is Cc1csc(NS(=O)(=O)c2cc(Cl)c(N[C@H]3CCCC[C@@H]3N(C)C)cc2F)n1. The zero-order valence-electron chi connectivity index (χ0n) is 16.0. The number of nitrogens with zero attached hydrogens (tertiary/aromatic N) is 2. The van der Waals surface area contributed by atoms with E-state index in [0.717, 1.165) is 49.2 Å². The van der Waals surface area contributed by atoms with Crippen LogP contribution in [-0.2, 0) is 10.0 Å². The summed E-state index contributed by atoms with van der Waals surface area (Å²) in [5, 5.41) is 5.38. The molecule has 1 aromatic heterocycles. The van der Waals surface area contributed by atoms with E-state index in [1.54, 1.807) is 12.3 Å². The number of anilines is 2. The molecular weight excluding hydrogens is 423 g/mol. The average Bonchev–Trinajstić information content (AvgIpc) is 3.02. The van der Waals surface area contributed by atoms with E-state index in [-0.39, 0.29) is 16.2 Å².